The van der Waals surface area contributed by atoms with Gasteiger partial charge in [0.2, 0.25) is 0 Å². The van der Waals surface area contributed by atoms with Crippen LogP contribution in [0.25, 0.3) is 0 Å². The van der Waals surface area contributed by atoms with E-state index in [-0.39, 0.29) is 0 Å². The molecule has 3 heteroatoms. The van der Waals surface area contributed by atoms with Crippen molar-refractivity contribution in [3.63, 3.8) is 0 Å². The van der Waals surface area contributed by atoms with Gasteiger partial charge in [0.05, 0.1) is 0 Å². The molecule has 0 saturated heterocycles. The van der Waals surface area contributed by atoms with Crippen molar-refractivity contribution < 1.29 is 0 Å². The lowest BCUT2D eigenvalue weighted by atomic mass is 9.84. The summed E-state index contributed by atoms with van der Waals surface area (Å²) in [7, 11) is 2.14. The molecule has 2 rings (SSSR count). The molecule has 1 aliphatic rings. The predicted molar refractivity (Wildman–Crippen MR) is 73.1 cm³/mol. The van der Waals surface area contributed by atoms with Crippen LogP contribution in [0.15, 0.2) is 18.3 Å². The van der Waals surface area contributed by atoms with Crippen LogP contribution in [0, 0.1) is 5.92 Å². The summed E-state index contributed by atoms with van der Waals surface area (Å²) >= 11 is 0. The molecular weight excluding hydrogens is 210 g/mol. The standard InChI is InChI=1S/C14H23N3/c1-3-11-4-6-13(7-5-11)17(2)14-10-12(15)8-9-16-14/h8-11,13H,3-7H2,1-2H3,(H2,15,16). The van der Waals surface area contributed by atoms with Crippen LogP contribution in [-0.2, 0) is 0 Å². The Balaban J connectivity index is 1.99. The maximum absolute atomic E-state index is 5.80. The van der Waals surface area contributed by atoms with Gasteiger partial charge in [-0.05, 0) is 37.7 Å². The summed E-state index contributed by atoms with van der Waals surface area (Å²) in [5.41, 5.74) is 6.60. The van der Waals surface area contributed by atoms with Gasteiger partial charge < -0.3 is 10.6 Å². The molecule has 1 heterocycles. The molecule has 2 N–H and O–H groups in total. The van der Waals surface area contributed by atoms with Crippen LogP contribution in [0.5, 0.6) is 0 Å². The van der Waals surface area contributed by atoms with Gasteiger partial charge in [0.15, 0.2) is 0 Å². The highest BCUT2D eigenvalue weighted by Gasteiger charge is 2.23. The van der Waals surface area contributed by atoms with Crippen LogP contribution in [0.3, 0.4) is 0 Å². The van der Waals surface area contributed by atoms with Gasteiger partial charge in [-0.2, -0.15) is 0 Å². The van der Waals surface area contributed by atoms with Crippen molar-refractivity contribution in [3.8, 4) is 0 Å². The molecule has 0 spiro atoms. The summed E-state index contributed by atoms with van der Waals surface area (Å²) in [6.45, 7) is 2.30. The Kier molecular flexibility index (Phi) is 3.87. The molecule has 1 aliphatic carbocycles. The van der Waals surface area contributed by atoms with Crippen molar-refractivity contribution >= 4 is 11.5 Å². The van der Waals surface area contributed by atoms with Crippen LogP contribution in [0.1, 0.15) is 39.0 Å². The third kappa shape index (κ3) is 2.90. The molecule has 17 heavy (non-hydrogen) atoms. The van der Waals surface area contributed by atoms with Gasteiger partial charge in [0.1, 0.15) is 5.82 Å². The molecule has 3 nitrogen and oxygen atoms in total. The first-order chi connectivity index (χ1) is 8.20. The third-order valence-electron chi connectivity index (χ3n) is 4.07. The summed E-state index contributed by atoms with van der Waals surface area (Å²) in [5, 5.41) is 0. The zero-order valence-corrected chi connectivity index (χ0v) is 10.9. The molecular formula is C14H23N3. The summed E-state index contributed by atoms with van der Waals surface area (Å²) in [6, 6.07) is 4.43. The van der Waals surface area contributed by atoms with Gasteiger partial charge in [-0.3, -0.25) is 0 Å². The lowest BCUT2D eigenvalue weighted by Gasteiger charge is -2.35. The predicted octanol–water partition coefficient (Wildman–Crippen LogP) is 3.07. The van der Waals surface area contributed by atoms with E-state index < -0.39 is 0 Å². The Hall–Kier alpha value is -1.25. The molecule has 0 bridgehead atoms. The van der Waals surface area contributed by atoms with Crippen LogP contribution >= 0.6 is 0 Å². The Morgan fingerprint density at radius 2 is 2.06 bits per heavy atom. The fourth-order valence-electron chi connectivity index (χ4n) is 2.75. The van der Waals surface area contributed by atoms with Crippen molar-refractivity contribution in [1.82, 2.24) is 4.98 Å². The van der Waals surface area contributed by atoms with Gasteiger partial charge in [-0.1, -0.05) is 13.3 Å². The molecule has 0 radical (unpaired) electrons. The van der Waals surface area contributed by atoms with Crippen LogP contribution in [0.4, 0.5) is 11.5 Å². The van der Waals surface area contributed by atoms with E-state index in [4.69, 9.17) is 5.73 Å². The largest absolute Gasteiger partial charge is 0.399 e. The van der Waals surface area contributed by atoms with E-state index >= 15 is 0 Å². The smallest absolute Gasteiger partial charge is 0.130 e. The third-order valence-corrected chi connectivity index (χ3v) is 4.07. The van der Waals surface area contributed by atoms with Crippen molar-refractivity contribution in [3.05, 3.63) is 18.3 Å². The maximum Gasteiger partial charge on any atom is 0.130 e. The average Bonchev–Trinajstić information content (AvgIpc) is 2.38. The number of rotatable bonds is 3. The first-order valence-corrected chi connectivity index (χ1v) is 6.65. The monoisotopic (exact) mass is 233 g/mol. The highest BCUT2D eigenvalue weighted by molar-refractivity contribution is 5.50. The van der Waals surface area contributed by atoms with E-state index in [1.807, 2.05) is 12.1 Å². The molecule has 0 aliphatic heterocycles. The number of anilines is 2. The minimum Gasteiger partial charge on any atom is -0.399 e. The Morgan fingerprint density at radius 1 is 1.35 bits per heavy atom. The second-order valence-corrected chi connectivity index (χ2v) is 5.14. The molecule has 1 saturated carbocycles. The number of hydrogen-bond acceptors (Lipinski definition) is 3. The molecule has 0 unspecified atom stereocenters. The van der Waals surface area contributed by atoms with Crippen LogP contribution < -0.4 is 10.6 Å². The molecule has 94 valence electrons. The van der Waals surface area contributed by atoms with E-state index in [1.165, 1.54) is 32.1 Å². The normalized spacial score (nSPS) is 24.6. The van der Waals surface area contributed by atoms with Crippen LogP contribution in [-0.4, -0.2) is 18.1 Å². The van der Waals surface area contributed by atoms with E-state index in [9.17, 15) is 0 Å². The maximum atomic E-state index is 5.80. The molecule has 1 aromatic rings. The number of pyridine rings is 1. The number of nitrogens with zero attached hydrogens (tertiary/aromatic N) is 2. The Morgan fingerprint density at radius 3 is 2.65 bits per heavy atom. The van der Waals surface area contributed by atoms with Crippen molar-refractivity contribution in [1.29, 1.82) is 0 Å². The Labute approximate surface area is 104 Å². The van der Waals surface area contributed by atoms with Gasteiger partial charge in [0, 0.05) is 31.0 Å². The number of nitrogens with two attached hydrogens (primary N) is 1. The summed E-state index contributed by atoms with van der Waals surface area (Å²) < 4.78 is 0. The lowest BCUT2D eigenvalue weighted by molar-refractivity contribution is 0.313. The molecule has 0 atom stereocenters. The highest BCUT2D eigenvalue weighted by Crippen LogP contribution is 2.30. The zero-order valence-electron chi connectivity index (χ0n) is 10.9. The molecule has 0 aromatic carbocycles. The average molecular weight is 233 g/mol. The van der Waals surface area contributed by atoms with Gasteiger partial charge >= 0.3 is 0 Å². The first kappa shape index (κ1) is 12.2. The number of nitrogen functional groups attached to an aromatic ring is 1. The van der Waals surface area contributed by atoms with E-state index in [0.717, 1.165) is 17.4 Å². The minimum absolute atomic E-state index is 0.632. The number of aromatic nitrogens is 1. The number of hydrogen-bond donors (Lipinski definition) is 1. The fourth-order valence-corrected chi connectivity index (χ4v) is 2.75. The first-order valence-electron chi connectivity index (χ1n) is 6.65. The quantitative estimate of drug-likeness (QED) is 0.872. The zero-order chi connectivity index (χ0) is 12.3. The van der Waals surface area contributed by atoms with Gasteiger partial charge in [-0.15, -0.1) is 0 Å². The Bertz CT molecular complexity index is 356. The summed E-state index contributed by atoms with van der Waals surface area (Å²) in [4.78, 5) is 6.69. The van der Waals surface area contributed by atoms with Crippen molar-refractivity contribution in [2.45, 2.75) is 45.1 Å². The van der Waals surface area contributed by atoms with Gasteiger partial charge in [0.25, 0.3) is 0 Å². The van der Waals surface area contributed by atoms with Gasteiger partial charge in [-0.25, -0.2) is 4.98 Å². The fraction of sp³-hybridized carbons (Fsp3) is 0.643. The summed E-state index contributed by atoms with van der Waals surface area (Å²) in [6.07, 6.45) is 8.39. The highest BCUT2D eigenvalue weighted by atomic mass is 15.2. The second-order valence-electron chi connectivity index (χ2n) is 5.14. The van der Waals surface area contributed by atoms with Crippen molar-refractivity contribution in [2.24, 2.45) is 5.92 Å². The second kappa shape index (κ2) is 5.39. The molecule has 1 aromatic heterocycles. The lowest BCUT2D eigenvalue weighted by Crippen LogP contribution is -2.35. The molecule has 0 amide bonds. The summed E-state index contributed by atoms with van der Waals surface area (Å²) in [5.74, 6) is 1.94. The van der Waals surface area contributed by atoms with E-state index in [1.54, 1.807) is 6.20 Å². The van der Waals surface area contributed by atoms with E-state index in [0.29, 0.717) is 6.04 Å². The van der Waals surface area contributed by atoms with Crippen molar-refractivity contribution in [2.75, 3.05) is 17.7 Å². The molecule has 1 fully saturated rings. The topological polar surface area (TPSA) is 42.1 Å². The van der Waals surface area contributed by atoms with E-state index in [2.05, 4.69) is 23.9 Å². The SMILES string of the molecule is CCC1CCC(N(C)c2cc(N)ccn2)CC1. The van der Waals surface area contributed by atoms with Crippen LogP contribution in [0.2, 0.25) is 0 Å². The minimum atomic E-state index is 0.632.